The van der Waals surface area contributed by atoms with Crippen LogP contribution in [0.25, 0.3) is 12.2 Å². The first kappa shape index (κ1) is 11.1. The van der Waals surface area contributed by atoms with Crippen molar-refractivity contribution in [2.45, 2.75) is 0 Å². The molecule has 0 saturated carbocycles. The third-order valence-electron chi connectivity index (χ3n) is 2.36. The summed E-state index contributed by atoms with van der Waals surface area (Å²) in [7, 11) is 1.61. The number of hydrogen-bond donors (Lipinski definition) is 1. The zero-order valence-electron chi connectivity index (χ0n) is 9.37. The smallest absolute Gasteiger partial charge is 0.354 e. The third-order valence-corrected chi connectivity index (χ3v) is 2.36. The van der Waals surface area contributed by atoms with Crippen LogP contribution in [0.4, 0.5) is 0 Å². The first-order chi connectivity index (χ1) is 8.16. The zero-order chi connectivity index (χ0) is 12.3. The lowest BCUT2D eigenvalue weighted by Gasteiger charge is -1.91. The third kappa shape index (κ3) is 2.60. The van der Waals surface area contributed by atoms with Crippen molar-refractivity contribution >= 4 is 18.1 Å². The summed E-state index contributed by atoms with van der Waals surface area (Å²) in [6, 6.07) is 11.3. The van der Waals surface area contributed by atoms with Crippen molar-refractivity contribution in [2.24, 2.45) is 7.05 Å². The Kier molecular flexibility index (Phi) is 3.05. The van der Waals surface area contributed by atoms with E-state index in [-0.39, 0.29) is 5.69 Å². The van der Waals surface area contributed by atoms with Gasteiger partial charge in [0.15, 0.2) is 0 Å². The highest BCUT2D eigenvalue weighted by atomic mass is 16.4. The van der Waals surface area contributed by atoms with Crippen LogP contribution >= 0.6 is 0 Å². The van der Waals surface area contributed by atoms with E-state index >= 15 is 0 Å². The molecule has 1 aromatic carbocycles. The number of carboxylic acids is 1. The van der Waals surface area contributed by atoms with Crippen LogP contribution in [0.1, 0.15) is 21.7 Å². The fourth-order valence-electron chi connectivity index (χ4n) is 1.52. The van der Waals surface area contributed by atoms with Gasteiger partial charge in [0, 0.05) is 7.05 Å². The number of aromatic carboxylic acids is 1. The molecule has 0 aliphatic rings. The van der Waals surface area contributed by atoms with Crippen LogP contribution in [0.15, 0.2) is 36.4 Å². The van der Waals surface area contributed by atoms with Gasteiger partial charge in [-0.25, -0.2) is 4.79 Å². The van der Waals surface area contributed by atoms with Crippen LogP contribution < -0.4 is 0 Å². The Balaban J connectivity index is 2.22. The highest BCUT2D eigenvalue weighted by Crippen LogP contribution is 2.08. The SMILES string of the molecule is Cn1nc(/C=C/c2ccccc2)cc1C(=O)O. The minimum atomic E-state index is -0.973. The summed E-state index contributed by atoms with van der Waals surface area (Å²) in [4.78, 5) is 10.8. The Hall–Kier alpha value is -2.36. The fourth-order valence-corrected chi connectivity index (χ4v) is 1.52. The average Bonchev–Trinajstić information content (AvgIpc) is 2.69. The lowest BCUT2D eigenvalue weighted by Crippen LogP contribution is -2.04. The topological polar surface area (TPSA) is 55.1 Å². The quantitative estimate of drug-likeness (QED) is 0.876. The monoisotopic (exact) mass is 228 g/mol. The van der Waals surface area contributed by atoms with Crippen molar-refractivity contribution in [3.8, 4) is 0 Å². The van der Waals surface area contributed by atoms with Crippen molar-refractivity contribution in [3.63, 3.8) is 0 Å². The maximum Gasteiger partial charge on any atom is 0.354 e. The molecule has 0 saturated heterocycles. The molecule has 2 aromatic rings. The number of carboxylic acid groups (broad SMARTS) is 1. The van der Waals surface area contributed by atoms with E-state index in [0.29, 0.717) is 5.69 Å². The van der Waals surface area contributed by atoms with Gasteiger partial charge in [0.1, 0.15) is 5.69 Å². The zero-order valence-corrected chi connectivity index (χ0v) is 9.37. The summed E-state index contributed by atoms with van der Waals surface area (Å²) in [5.74, 6) is -0.973. The molecule has 2 rings (SSSR count). The van der Waals surface area contributed by atoms with E-state index in [1.54, 1.807) is 19.2 Å². The molecule has 0 fully saturated rings. The van der Waals surface area contributed by atoms with Crippen LogP contribution in [-0.2, 0) is 7.05 Å². The summed E-state index contributed by atoms with van der Waals surface area (Å²) < 4.78 is 1.35. The van der Waals surface area contributed by atoms with Gasteiger partial charge in [-0.1, -0.05) is 36.4 Å². The van der Waals surface area contributed by atoms with Gasteiger partial charge in [0.25, 0.3) is 0 Å². The van der Waals surface area contributed by atoms with Crippen molar-refractivity contribution in [2.75, 3.05) is 0 Å². The molecule has 0 atom stereocenters. The number of rotatable bonds is 3. The second kappa shape index (κ2) is 4.65. The normalized spacial score (nSPS) is 10.9. The summed E-state index contributed by atoms with van der Waals surface area (Å²) in [6.45, 7) is 0. The number of nitrogens with zero attached hydrogens (tertiary/aromatic N) is 2. The number of aromatic nitrogens is 2. The molecule has 0 aliphatic heterocycles. The number of aryl methyl sites for hydroxylation is 1. The fraction of sp³-hybridized carbons (Fsp3) is 0.0769. The predicted molar refractivity (Wildman–Crippen MR) is 65.5 cm³/mol. The highest BCUT2D eigenvalue weighted by molar-refractivity contribution is 5.86. The predicted octanol–water partition coefficient (Wildman–Crippen LogP) is 2.29. The molecule has 0 aliphatic carbocycles. The van der Waals surface area contributed by atoms with E-state index < -0.39 is 5.97 Å². The molecule has 0 amide bonds. The van der Waals surface area contributed by atoms with Crippen molar-refractivity contribution in [1.29, 1.82) is 0 Å². The second-order valence-electron chi connectivity index (χ2n) is 3.63. The van der Waals surface area contributed by atoms with Crippen molar-refractivity contribution < 1.29 is 9.90 Å². The van der Waals surface area contributed by atoms with Crippen LogP contribution in [-0.4, -0.2) is 20.9 Å². The van der Waals surface area contributed by atoms with Gasteiger partial charge in [0.2, 0.25) is 0 Å². The van der Waals surface area contributed by atoms with Gasteiger partial charge in [0.05, 0.1) is 5.69 Å². The molecule has 4 heteroatoms. The number of carbonyl (C=O) groups is 1. The van der Waals surface area contributed by atoms with E-state index in [4.69, 9.17) is 5.11 Å². The van der Waals surface area contributed by atoms with Gasteiger partial charge in [-0.3, -0.25) is 4.68 Å². The van der Waals surface area contributed by atoms with Crippen LogP contribution in [0.2, 0.25) is 0 Å². The maximum atomic E-state index is 10.8. The standard InChI is InChI=1S/C13H12N2O2/c1-15-12(13(16)17)9-11(14-15)8-7-10-5-3-2-4-6-10/h2-9H,1H3,(H,16,17)/b8-7+. The molecule has 0 spiro atoms. The lowest BCUT2D eigenvalue weighted by molar-refractivity contribution is 0.0685. The molecular weight excluding hydrogens is 216 g/mol. The van der Waals surface area contributed by atoms with Gasteiger partial charge >= 0.3 is 5.97 Å². The maximum absolute atomic E-state index is 10.8. The van der Waals surface area contributed by atoms with E-state index in [0.717, 1.165) is 5.56 Å². The van der Waals surface area contributed by atoms with E-state index in [1.165, 1.54) is 4.68 Å². The first-order valence-electron chi connectivity index (χ1n) is 5.17. The van der Waals surface area contributed by atoms with Gasteiger partial charge in [-0.15, -0.1) is 0 Å². The van der Waals surface area contributed by atoms with Crippen LogP contribution in [0.5, 0.6) is 0 Å². The number of benzene rings is 1. The average molecular weight is 228 g/mol. The molecule has 1 heterocycles. The van der Waals surface area contributed by atoms with Crippen LogP contribution in [0.3, 0.4) is 0 Å². The summed E-state index contributed by atoms with van der Waals surface area (Å²) in [5.41, 5.74) is 1.86. The number of hydrogen-bond acceptors (Lipinski definition) is 2. The largest absolute Gasteiger partial charge is 0.477 e. The lowest BCUT2D eigenvalue weighted by atomic mass is 10.2. The Bertz CT molecular complexity index is 556. The molecule has 4 nitrogen and oxygen atoms in total. The Morgan fingerprint density at radius 1 is 1.29 bits per heavy atom. The van der Waals surface area contributed by atoms with Crippen molar-refractivity contribution in [1.82, 2.24) is 9.78 Å². The van der Waals surface area contributed by atoms with E-state index in [1.807, 2.05) is 36.4 Å². The van der Waals surface area contributed by atoms with Gasteiger partial charge < -0.3 is 5.11 Å². The summed E-state index contributed by atoms with van der Waals surface area (Å²) in [5, 5.41) is 13.0. The van der Waals surface area contributed by atoms with Crippen LogP contribution in [0, 0.1) is 0 Å². The summed E-state index contributed by atoms with van der Waals surface area (Å²) in [6.07, 6.45) is 3.69. The minimum Gasteiger partial charge on any atom is -0.477 e. The molecule has 0 bridgehead atoms. The van der Waals surface area contributed by atoms with Gasteiger partial charge in [-0.2, -0.15) is 5.10 Å². The Morgan fingerprint density at radius 3 is 2.59 bits per heavy atom. The molecule has 0 unspecified atom stereocenters. The second-order valence-corrected chi connectivity index (χ2v) is 3.63. The van der Waals surface area contributed by atoms with Crippen molar-refractivity contribution in [3.05, 3.63) is 53.3 Å². The van der Waals surface area contributed by atoms with E-state index in [9.17, 15) is 4.79 Å². The molecule has 86 valence electrons. The molecular formula is C13H12N2O2. The molecule has 0 radical (unpaired) electrons. The Morgan fingerprint density at radius 2 is 2.00 bits per heavy atom. The molecule has 1 aromatic heterocycles. The highest BCUT2D eigenvalue weighted by Gasteiger charge is 2.09. The molecule has 1 N–H and O–H groups in total. The molecule has 17 heavy (non-hydrogen) atoms. The Labute approximate surface area is 98.8 Å². The van der Waals surface area contributed by atoms with Gasteiger partial charge in [-0.05, 0) is 17.7 Å². The minimum absolute atomic E-state index is 0.178. The summed E-state index contributed by atoms with van der Waals surface area (Å²) >= 11 is 0. The first-order valence-corrected chi connectivity index (χ1v) is 5.17. The van der Waals surface area contributed by atoms with E-state index in [2.05, 4.69) is 5.10 Å².